The predicted molar refractivity (Wildman–Crippen MR) is 107 cm³/mol. The maximum Gasteiger partial charge on any atom is 0.0997 e. The van der Waals surface area contributed by atoms with E-state index in [1.807, 2.05) is 48.8 Å². The number of halogens is 1. The highest BCUT2D eigenvalue weighted by atomic mass is 127. The van der Waals surface area contributed by atoms with Gasteiger partial charge in [0.1, 0.15) is 0 Å². The van der Waals surface area contributed by atoms with Gasteiger partial charge in [-0.15, -0.1) is 5.10 Å². The van der Waals surface area contributed by atoms with E-state index in [0.29, 0.717) is 6.54 Å². The summed E-state index contributed by atoms with van der Waals surface area (Å²) in [7, 11) is 0. The summed E-state index contributed by atoms with van der Waals surface area (Å²) in [6.45, 7) is 4.00. The van der Waals surface area contributed by atoms with Crippen LogP contribution >= 0.6 is 22.9 Å². The van der Waals surface area contributed by atoms with Crippen molar-refractivity contribution in [3.05, 3.63) is 72.1 Å². The third-order valence-electron chi connectivity index (χ3n) is 3.77. The maximum absolute atomic E-state index is 5.55. The van der Waals surface area contributed by atoms with Crippen molar-refractivity contribution >= 4 is 22.9 Å². The fraction of sp³-hybridized carbons (Fsp3) is 0.294. The molecule has 136 valence electrons. The number of nitrogens with two attached hydrogens (primary N) is 1. The maximum atomic E-state index is 5.55. The Labute approximate surface area is 166 Å². The van der Waals surface area contributed by atoms with E-state index in [1.165, 1.54) is 4.79 Å². The third kappa shape index (κ3) is 6.00. The molecule has 0 fully saturated rings. The minimum Gasteiger partial charge on any atom is -0.322 e. The van der Waals surface area contributed by atoms with Gasteiger partial charge in [0.2, 0.25) is 0 Å². The van der Waals surface area contributed by atoms with Gasteiger partial charge in [-0.25, -0.2) is 3.11 Å². The molecule has 0 saturated carbocycles. The van der Waals surface area contributed by atoms with Crippen LogP contribution in [0.15, 0.2) is 55.0 Å². The normalized spacial score (nSPS) is 11.3. The zero-order valence-corrected chi connectivity index (χ0v) is 16.5. The van der Waals surface area contributed by atoms with E-state index >= 15 is 0 Å². The average molecular weight is 464 g/mol. The van der Waals surface area contributed by atoms with Gasteiger partial charge in [-0.3, -0.25) is 14.9 Å². The van der Waals surface area contributed by atoms with Crippen LogP contribution in [0.2, 0.25) is 0 Å². The van der Waals surface area contributed by atoms with Gasteiger partial charge in [-0.1, -0.05) is 12.1 Å². The molecule has 3 heterocycles. The number of hydrogen-bond acceptors (Lipinski definition) is 7. The lowest BCUT2D eigenvalue weighted by molar-refractivity contribution is 0.236. The molecule has 2 N–H and O–H groups in total. The van der Waals surface area contributed by atoms with Gasteiger partial charge < -0.3 is 5.84 Å². The quantitative estimate of drug-likeness (QED) is 0.293. The Balaban J connectivity index is 1.59. The molecule has 0 saturated heterocycles. The van der Waals surface area contributed by atoms with Crippen molar-refractivity contribution in [1.29, 1.82) is 0 Å². The summed E-state index contributed by atoms with van der Waals surface area (Å²) in [6, 6.07) is 12.0. The molecule has 0 spiro atoms. The van der Waals surface area contributed by atoms with Crippen LogP contribution in [-0.4, -0.2) is 46.2 Å². The predicted octanol–water partition coefficient (Wildman–Crippen LogP) is 1.64. The van der Waals surface area contributed by atoms with Gasteiger partial charge in [-0.05, 0) is 29.5 Å². The van der Waals surface area contributed by atoms with Gasteiger partial charge in [0.15, 0.2) is 0 Å². The van der Waals surface area contributed by atoms with Crippen molar-refractivity contribution in [2.24, 2.45) is 0 Å². The molecule has 0 aliphatic carbocycles. The van der Waals surface area contributed by atoms with Gasteiger partial charge in [0.05, 0.1) is 29.8 Å². The Morgan fingerprint density at radius 2 is 1.54 bits per heavy atom. The van der Waals surface area contributed by atoms with Crippen LogP contribution in [0.3, 0.4) is 0 Å². The van der Waals surface area contributed by atoms with Gasteiger partial charge >= 0.3 is 0 Å². The van der Waals surface area contributed by atoms with Crippen molar-refractivity contribution in [1.82, 2.24) is 33.1 Å². The number of pyridine rings is 2. The molecule has 0 aliphatic rings. The molecule has 26 heavy (non-hydrogen) atoms. The van der Waals surface area contributed by atoms with Crippen LogP contribution in [0.4, 0.5) is 0 Å². The lowest BCUT2D eigenvalue weighted by atomic mass is 10.3. The summed E-state index contributed by atoms with van der Waals surface area (Å²) < 4.78 is 2.17. The zero-order valence-electron chi connectivity index (χ0n) is 14.3. The fourth-order valence-corrected chi connectivity index (χ4v) is 3.11. The molecule has 0 aromatic carbocycles. The van der Waals surface area contributed by atoms with Crippen molar-refractivity contribution in [2.45, 2.75) is 19.6 Å². The second kappa shape index (κ2) is 9.55. The number of nitrogen functional groups attached to an aromatic ring is 1. The van der Waals surface area contributed by atoms with Crippen LogP contribution in [0.1, 0.15) is 17.1 Å². The van der Waals surface area contributed by atoms with E-state index in [-0.39, 0.29) is 0 Å². The van der Waals surface area contributed by atoms with Crippen molar-refractivity contribution in [2.75, 3.05) is 18.9 Å². The highest BCUT2D eigenvalue weighted by molar-refractivity contribution is 14.1. The van der Waals surface area contributed by atoms with Crippen LogP contribution in [0.5, 0.6) is 0 Å². The molecule has 0 amide bonds. The zero-order chi connectivity index (χ0) is 18.2. The second-order valence-corrected chi connectivity index (χ2v) is 7.25. The van der Waals surface area contributed by atoms with Crippen LogP contribution in [-0.2, 0) is 19.6 Å². The first-order chi connectivity index (χ1) is 12.7. The lowest BCUT2D eigenvalue weighted by Crippen LogP contribution is -2.31. The van der Waals surface area contributed by atoms with E-state index in [2.05, 4.69) is 51.2 Å². The number of rotatable bonds is 9. The number of aromatic nitrogens is 5. The van der Waals surface area contributed by atoms with Crippen molar-refractivity contribution in [3.8, 4) is 0 Å². The number of hydrogen-bond donors (Lipinski definition) is 1. The van der Waals surface area contributed by atoms with Crippen molar-refractivity contribution in [3.63, 3.8) is 0 Å². The summed E-state index contributed by atoms with van der Waals surface area (Å²) in [5, 5.41) is 7.79. The summed E-state index contributed by atoms with van der Waals surface area (Å²) in [5.74, 6) is 5.55. The van der Waals surface area contributed by atoms with Gasteiger partial charge in [0.25, 0.3) is 0 Å². The summed E-state index contributed by atoms with van der Waals surface area (Å²) in [6.07, 6.45) is 5.38. The average Bonchev–Trinajstić information content (AvgIpc) is 3.06. The van der Waals surface area contributed by atoms with Crippen LogP contribution < -0.4 is 5.84 Å². The molecule has 9 heteroatoms. The largest absolute Gasteiger partial charge is 0.322 e. The standard InChI is InChI=1S/C17H21IN8/c18-25(13-17-14-26(19)23-22-17)10-9-24(11-15-5-1-3-7-20-15)12-16-6-2-4-8-21-16/h1-8,14H,9-13,19H2. The Morgan fingerprint density at radius 1 is 0.885 bits per heavy atom. The Kier molecular flexibility index (Phi) is 6.86. The summed E-state index contributed by atoms with van der Waals surface area (Å²) in [5.41, 5.74) is 2.95. The molecule has 0 bridgehead atoms. The van der Waals surface area contributed by atoms with E-state index in [0.717, 1.165) is 43.3 Å². The Hall–Kier alpha value is -2.11. The highest BCUT2D eigenvalue weighted by Crippen LogP contribution is 2.10. The van der Waals surface area contributed by atoms with E-state index in [1.54, 1.807) is 6.20 Å². The van der Waals surface area contributed by atoms with Crippen molar-refractivity contribution < 1.29 is 0 Å². The van der Waals surface area contributed by atoms with Crippen LogP contribution in [0, 0.1) is 0 Å². The SMILES string of the molecule is Nn1cc(CN(I)CCN(Cc2ccccn2)Cc2ccccn2)nn1. The molecule has 0 atom stereocenters. The van der Waals surface area contributed by atoms with Crippen LogP contribution in [0.25, 0.3) is 0 Å². The van der Waals surface area contributed by atoms with E-state index < -0.39 is 0 Å². The first kappa shape index (κ1) is 18.7. The second-order valence-electron chi connectivity index (χ2n) is 5.89. The first-order valence-electron chi connectivity index (χ1n) is 8.28. The minimum absolute atomic E-state index is 0.693. The lowest BCUT2D eigenvalue weighted by Gasteiger charge is -2.24. The fourth-order valence-electron chi connectivity index (χ4n) is 2.55. The first-order valence-corrected chi connectivity index (χ1v) is 9.25. The Morgan fingerprint density at radius 3 is 2.04 bits per heavy atom. The Bertz CT molecular complexity index is 738. The topological polar surface area (TPSA) is 89.0 Å². The minimum atomic E-state index is 0.693. The van der Waals surface area contributed by atoms with E-state index in [9.17, 15) is 0 Å². The number of nitrogens with zero attached hydrogens (tertiary/aromatic N) is 7. The van der Waals surface area contributed by atoms with E-state index in [4.69, 9.17) is 5.84 Å². The molecule has 3 rings (SSSR count). The smallest absolute Gasteiger partial charge is 0.0997 e. The van der Waals surface area contributed by atoms with Gasteiger partial charge in [0, 0.05) is 61.4 Å². The molecular weight excluding hydrogens is 443 g/mol. The molecule has 0 unspecified atom stereocenters. The highest BCUT2D eigenvalue weighted by Gasteiger charge is 2.12. The summed E-state index contributed by atoms with van der Waals surface area (Å²) in [4.78, 5) is 12.5. The molecule has 0 aliphatic heterocycles. The monoisotopic (exact) mass is 464 g/mol. The molecule has 0 radical (unpaired) electrons. The molecule has 8 nitrogen and oxygen atoms in total. The molecule has 3 aromatic rings. The third-order valence-corrected chi connectivity index (χ3v) is 4.60. The summed E-state index contributed by atoms with van der Waals surface area (Å²) >= 11 is 2.31. The van der Waals surface area contributed by atoms with Gasteiger partial charge in [-0.2, -0.15) is 4.79 Å². The molecular formula is C17H21IN8. The molecule has 3 aromatic heterocycles.